The minimum absolute atomic E-state index is 0.122. The van der Waals surface area contributed by atoms with E-state index in [0.717, 1.165) is 6.42 Å². The van der Waals surface area contributed by atoms with Gasteiger partial charge >= 0.3 is 11.8 Å². The van der Waals surface area contributed by atoms with E-state index in [0.29, 0.717) is 13.0 Å². The molecule has 0 spiro atoms. The van der Waals surface area contributed by atoms with E-state index in [9.17, 15) is 9.59 Å². The summed E-state index contributed by atoms with van der Waals surface area (Å²) in [4.78, 5) is 22.1. The Morgan fingerprint density at radius 1 is 1.38 bits per heavy atom. The van der Waals surface area contributed by atoms with E-state index < -0.39 is 11.8 Å². The third kappa shape index (κ3) is 6.79. The zero-order valence-corrected chi connectivity index (χ0v) is 9.32. The van der Waals surface area contributed by atoms with E-state index in [-0.39, 0.29) is 19.1 Å². The number of hydrogen-bond donors (Lipinski definition) is 3. The number of carbonyl (C=O) groups excluding carboxylic acids is 2. The molecule has 0 saturated carbocycles. The van der Waals surface area contributed by atoms with Crippen LogP contribution in [0.25, 0.3) is 0 Å². The predicted octanol–water partition coefficient (Wildman–Crippen LogP) is -0.849. The van der Waals surface area contributed by atoms with Crippen LogP contribution in [0.3, 0.4) is 0 Å². The Labute approximate surface area is 94.6 Å². The summed E-state index contributed by atoms with van der Waals surface area (Å²) in [6.07, 6.45) is 1.50. The molecule has 3 N–H and O–H groups in total. The second-order valence-electron chi connectivity index (χ2n) is 3.53. The topological polar surface area (TPSA) is 102 Å². The first kappa shape index (κ1) is 14.4. The number of nitriles is 1. The first-order valence-corrected chi connectivity index (χ1v) is 5.15. The van der Waals surface area contributed by atoms with Crippen molar-refractivity contribution >= 4 is 11.8 Å². The fraction of sp³-hybridized carbons (Fsp3) is 0.700. The minimum atomic E-state index is -0.795. The van der Waals surface area contributed by atoms with Gasteiger partial charge in [-0.15, -0.1) is 0 Å². The van der Waals surface area contributed by atoms with E-state index >= 15 is 0 Å². The molecular formula is C10H17N3O3. The number of rotatable bonds is 6. The standard InChI is InChI=1S/C10H17N3O3/c1-8(7-14)3-2-5-12-9(15)10(16)13-6-4-11/h8,14H,2-3,5-7H2,1H3,(H,12,15)(H,13,16). The highest BCUT2D eigenvalue weighted by molar-refractivity contribution is 6.35. The molecule has 0 aromatic carbocycles. The van der Waals surface area contributed by atoms with Crippen molar-refractivity contribution in [2.24, 2.45) is 5.92 Å². The molecule has 16 heavy (non-hydrogen) atoms. The van der Waals surface area contributed by atoms with Crippen LogP contribution >= 0.6 is 0 Å². The van der Waals surface area contributed by atoms with Crippen molar-refractivity contribution in [2.45, 2.75) is 19.8 Å². The van der Waals surface area contributed by atoms with Crippen LogP contribution < -0.4 is 10.6 Å². The van der Waals surface area contributed by atoms with Crippen LogP contribution in [0, 0.1) is 17.2 Å². The monoisotopic (exact) mass is 227 g/mol. The van der Waals surface area contributed by atoms with Gasteiger partial charge < -0.3 is 15.7 Å². The average molecular weight is 227 g/mol. The van der Waals surface area contributed by atoms with Gasteiger partial charge in [-0.25, -0.2) is 0 Å². The Balaban J connectivity index is 3.58. The van der Waals surface area contributed by atoms with Gasteiger partial charge in [0.15, 0.2) is 0 Å². The molecule has 0 fully saturated rings. The lowest BCUT2D eigenvalue weighted by atomic mass is 10.1. The van der Waals surface area contributed by atoms with Gasteiger partial charge in [0.25, 0.3) is 0 Å². The molecule has 0 aromatic rings. The largest absolute Gasteiger partial charge is 0.396 e. The van der Waals surface area contributed by atoms with Crippen LogP contribution in [0.5, 0.6) is 0 Å². The second kappa shape index (κ2) is 8.68. The molecule has 0 aliphatic carbocycles. The van der Waals surface area contributed by atoms with E-state index in [1.165, 1.54) is 0 Å². The summed E-state index contributed by atoms with van der Waals surface area (Å²) in [5.74, 6) is -1.33. The summed E-state index contributed by atoms with van der Waals surface area (Å²) in [6.45, 7) is 2.25. The van der Waals surface area contributed by atoms with Crippen molar-refractivity contribution in [3.63, 3.8) is 0 Å². The van der Waals surface area contributed by atoms with Crippen molar-refractivity contribution < 1.29 is 14.7 Å². The molecule has 6 heteroatoms. The molecule has 0 bridgehead atoms. The molecule has 0 aliphatic rings. The number of hydrogen-bond acceptors (Lipinski definition) is 4. The van der Waals surface area contributed by atoms with Gasteiger partial charge in [0, 0.05) is 13.2 Å². The fourth-order valence-electron chi connectivity index (χ4n) is 1.02. The van der Waals surface area contributed by atoms with Crippen molar-refractivity contribution in [3.05, 3.63) is 0 Å². The Kier molecular flexibility index (Phi) is 7.81. The molecule has 0 rings (SSSR count). The summed E-state index contributed by atoms with van der Waals surface area (Å²) in [5.41, 5.74) is 0. The highest BCUT2D eigenvalue weighted by atomic mass is 16.3. The average Bonchev–Trinajstić information content (AvgIpc) is 2.30. The first-order valence-electron chi connectivity index (χ1n) is 5.15. The molecule has 6 nitrogen and oxygen atoms in total. The smallest absolute Gasteiger partial charge is 0.310 e. The predicted molar refractivity (Wildman–Crippen MR) is 57.1 cm³/mol. The number of aliphatic hydroxyl groups is 1. The van der Waals surface area contributed by atoms with Crippen molar-refractivity contribution in [1.29, 1.82) is 5.26 Å². The summed E-state index contributed by atoms with van der Waals surface area (Å²) in [5, 5.41) is 21.5. The maximum absolute atomic E-state index is 11.1. The zero-order valence-electron chi connectivity index (χ0n) is 9.32. The maximum atomic E-state index is 11.1. The van der Waals surface area contributed by atoms with Crippen LogP contribution in [0.4, 0.5) is 0 Å². The Morgan fingerprint density at radius 2 is 2.00 bits per heavy atom. The fourth-order valence-corrected chi connectivity index (χ4v) is 1.02. The highest BCUT2D eigenvalue weighted by Gasteiger charge is 2.11. The Hall–Kier alpha value is -1.61. The van der Waals surface area contributed by atoms with Crippen molar-refractivity contribution in [3.8, 4) is 6.07 Å². The molecule has 0 heterocycles. The van der Waals surface area contributed by atoms with Crippen molar-refractivity contribution in [2.75, 3.05) is 19.7 Å². The molecule has 90 valence electrons. The number of nitrogens with zero attached hydrogens (tertiary/aromatic N) is 1. The van der Waals surface area contributed by atoms with Gasteiger partial charge in [-0.1, -0.05) is 6.92 Å². The lowest BCUT2D eigenvalue weighted by Gasteiger charge is -2.07. The molecule has 1 atom stereocenters. The zero-order chi connectivity index (χ0) is 12.4. The van der Waals surface area contributed by atoms with E-state index in [2.05, 4.69) is 10.6 Å². The number of nitrogens with one attached hydrogen (secondary N) is 2. The maximum Gasteiger partial charge on any atom is 0.310 e. The van der Waals surface area contributed by atoms with Gasteiger partial charge in [0.2, 0.25) is 0 Å². The summed E-state index contributed by atoms with van der Waals surface area (Å²) >= 11 is 0. The van der Waals surface area contributed by atoms with Crippen LogP contribution in [-0.4, -0.2) is 36.6 Å². The molecule has 0 radical (unpaired) electrons. The molecule has 0 aliphatic heterocycles. The lowest BCUT2D eigenvalue weighted by Crippen LogP contribution is -2.40. The van der Waals surface area contributed by atoms with Gasteiger partial charge in [0.1, 0.15) is 6.54 Å². The molecule has 1 unspecified atom stereocenters. The summed E-state index contributed by atoms with van der Waals surface area (Å²) in [6, 6.07) is 1.70. The third-order valence-electron chi connectivity index (χ3n) is 2.01. The van der Waals surface area contributed by atoms with E-state index in [1.54, 1.807) is 6.07 Å². The number of carbonyl (C=O) groups is 2. The quantitative estimate of drug-likeness (QED) is 0.312. The minimum Gasteiger partial charge on any atom is -0.396 e. The van der Waals surface area contributed by atoms with E-state index in [4.69, 9.17) is 10.4 Å². The second-order valence-corrected chi connectivity index (χ2v) is 3.53. The SMILES string of the molecule is CC(CO)CCCNC(=O)C(=O)NCC#N. The third-order valence-corrected chi connectivity index (χ3v) is 2.01. The summed E-state index contributed by atoms with van der Waals surface area (Å²) in [7, 11) is 0. The van der Waals surface area contributed by atoms with E-state index in [1.807, 2.05) is 6.92 Å². The molecule has 2 amide bonds. The highest BCUT2D eigenvalue weighted by Crippen LogP contribution is 2.02. The lowest BCUT2D eigenvalue weighted by molar-refractivity contribution is -0.139. The Morgan fingerprint density at radius 3 is 2.56 bits per heavy atom. The number of amides is 2. The normalized spacial score (nSPS) is 11.3. The molecular weight excluding hydrogens is 210 g/mol. The molecule has 0 aromatic heterocycles. The van der Waals surface area contributed by atoms with Crippen molar-refractivity contribution in [1.82, 2.24) is 10.6 Å². The van der Waals surface area contributed by atoms with Crippen LogP contribution in [0.2, 0.25) is 0 Å². The Bertz CT molecular complexity index is 273. The van der Waals surface area contributed by atoms with Gasteiger partial charge in [0.05, 0.1) is 6.07 Å². The summed E-state index contributed by atoms with van der Waals surface area (Å²) < 4.78 is 0. The molecule has 0 saturated heterocycles. The van der Waals surface area contributed by atoms with Crippen LogP contribution in [0.1, 0.15) is 19.8 Å². The van der Waals surface area contributed by atoms with Gasteiger partial charge in [-0.05, 0) is 18.8 Å². The van der Waals surface area contributed by atoms with Crippen LogP contribution in [-0.2, 0) is 9.59 Å². The first-order chi connectivity index (χ1) is 7.61. The van der Waals surface area contributed by atoms with Gasteiger partial charge in [-0.2, -0.15) is 5.26 Å². The van der Waals surface area contributed by atoms with Crippen LogP contribution in [0.15, 0.2) is 0 Å². The van der Waals surface area contributed by atoms with Gasteiger partial charge in [-0.3, -0.25) is 9.59 Å². The number of aliphatic hydroxyl groups excluding tert-OH is 1.